The predicted octanol–water partition coefficient (Wildman–Crippen LogP) is 4.91. The minimum Gasteiger partial charge on any atom is -0.489 e. The lowest BCUT2D eigenvalue weighted by Gasteiger charge is -2.13. The minimum atomic E-state index is -0.264. The van der Waals surface area contributed by atoms with Gasteiger partial charge >= 0.3 is 5.97 Å². The molecule has 0 N–H and O–H groups in total. The average molecular weight is 465 g/mol. The maximum Gasteiger partial charge on any atom is 0.307 e. The second-order valence-corrected chi connectivity index (χ2v) is 7.79. The van der Waals surface area contributed by atoms with E-state index in [0.717, 1.165) is 22.3 Å². The molecule has 0 aliphatic carbocycles. The van der Waals surface area contributed by atoms with Crippen LogP contribution in [0.15, 0.2) is 67.1 Å². The Balaban J connectivity index is 1.52. The molecule has 35 heavy (non-hydrogen) atoms. The van der Waals surface area contributed by atoms with Gasteiger partial charge in [-0.15, -0.1) is 5.92 Å². The second kappa shape index (κ2) is 11.0. The summed E-state index contributed by atoms with van der Waals surface area (Å²) in [5, 5.41) is 13.3. The number of ether oxygens (including phenoxy) is 2. The molecule has 1 unspecified atom stereocenters. The van der Waals surface area contributed by atoms with Crippen LogP contribution in [0.5, 0.6) is 5.75 Å². The van der Waals surface area contributed by atoms with Gasteiger partial charge in [0.2, 0.25) is 0 Å². The molecule has 4 aromatic rings. The van der Waals surface area contributed by atoms with Crippen LogP contribution >= 0.6 is 0 Å². The van der Waals surface area contributed by atoms with Crippen molar-refractivity contribution in [2.45, 2.75) is 32.8 Å². The molecular weight excluding hydrogens is 440 g/mol. The normalized spacial score (nSPS) is 11.2. The van der Waals surface area contributed by atoms with E-state index in [0.29, 0.717) is 30.2 Å². The van der Waals surface area contributed by atoms with Crippen molar-refractivity contribution in [1.29, 1.82) is 5.26 Å². The van der Waals surface area contributed by atoms with Gasteiger partial charge in [-0.1, -0.05) is 30.2 Å². The molecule has 0 radical (unpaired) electrons. The third-order valence-electron chi connectivity index (χ3n) is 5.47. The highest BCUT2D eigenvalue weighted by Gasteiger charge is 2.15. The van der Waals surface area contributed by atoms with Gasteiger partial charge in [-0.25, -0.2) is 9.50 Å². The van der Waals surface area contributed by atoms with E-state index < -0.39 is 0 Å². The summed E-state index contributed by atoms with van der Waals surface area (Å²) in [6.45, 7) is 4.20. The first kappa shape index (κ1) is 23.5. The van der Waals surface area contributed by atoms with Gasteiger partial charge in [-0.2, -0.15) is 10.4 Å². The summed E-state index contributed by atoms with van der Waals surface area (Å²) >= 11 is 0. The van der Waals surface area contributed by atoms with E-state index in [-0.39, 0.29) is 18.3 Å². The van der Waals surface area contributed by atoms with Crippen LogP contribution in [-0.2, 0) is 16.1 Å². The molecule has 0 saturated carbocycles. The lowest BCUT2D eigenvalue weighted by molar-refractivity contribution is -0.143. The molecule has 4 rings (SSSR count). The number of hydrogen-bond acceptors (Lipinski definition) is 6. The number of fused-ring (bicyclic) bond motifs is 1. The van der Waals surface area contributed by atoms with Crippen molar-refractivity contribution in [1.82, 2.24) is 14.6 Å². The van der Waals surface area contributed by atoms with Crippen LogP contribution in [0.25, 0.3) is 16.8 Å². The molecular formula is C28H24N4O3. The van der Waals surface area contributed by atoms with Crippen molar-refractivity contribution in [2.75, 3.05) is 6.61 Å². The molecule has 0 spiro atoms. The lowest BCUT2D eigenvalue weighted by atomic mass is 9.96. The number of hydrogen-bond donors (Lipinski definition) is 0. The Morgan fingerprint density at radius 2 is 1.89 bits per heavy atom. The predicted molar refractivity (Wildman–Crippen MR) is 131 cm³/mol. The molecule has 0 aliphatic heterocycles. The van der Waals surface area contributed by atoms with E-state index in [1.165, 1.54) is 6.33 Å². The largest absolute Gasteiger partial charge is 0.489 e. The van der Waals surface area contributed by atoms with Crippen molar-refractivity contribution in [3.63, 3.8) is 0 Å². The fraction of sp³-hybridized carbons (Fsp3) is 0.214. The number of rotatable bonds is 8. The Bertz CT molecular complexity index is 1420. The first-order chi connectivity index (χ1) is 17.1. The first-order valence-corrected chi connectivity index (χ1v) is 11.2. The van der Waals surface area contributed by atoms with E-state index in [1.807, 2.05) is 48.7 Å². The van der Waals surface area contributed by atoms with Crippen molar-refractivity contribution in [3.8, 4) is 34.8 Å². The SMILES string of the molecule is CC#CC(CC(=O)OCC)c1ccc(OCc2cc(-c3ccc(C#N)cc3)cn3ncnc23)cc1. The summed E-state index contributed by atoms with van der Waals surface area (Å²) in [6, 6.07) is 19.1. The minimum absolute atomic E-state index is 0.210. The number of esters is 1. The van der Waals surface area contributed by atoms with Crippen LogP contribution in [0.3, 0.4) is 0 Å². The summed E-state index contributed by atoms with van der Waals surface area (Å²) in [7, 11) is 0. The van der Waals surface area contributed by atoms with Gasteiger partial charge in [-0.3, -0.25) is 4.79 Å². The van der Waals surface area contributed by atoms with E-state index in [1.54, 1.807) is 30.5 Å². The topological polar surface area (TPSA) is 89.5 Å². The van der Waals surface area contributed by atoms with Crippen molar-refractivity contribution in [2.24, 2.45) is 0 Å². The zero-order valence-electron chi connectivity index (χ0n) is 19.6. The van der Waals surface area contributed by atoms with Gasteiger partial charge in [0.25, 0.3) is 0 Å². The highest BCUT2D eigenvalue weighted by molar-refractivity contribution is 5.71. The van der Waals surface area contributed by atoms with Crippen molar-refractivity contribution in [3.05, 3.63) is 83.8 Å². The third-order valence-corrected chi connectivity index (χ3v) is 5.47. The van der Waals surface area contributed by atoms with Gasteiger partial charge in [0.05, 0.1) is 30.6 Å². The van der Waals surface area contributed by atoms with Gasteiger partial charge in [-0.05, 0) is 55.3 Å². The number of pyridine rings is 1. The Morgan fingerprint density at radius 1 is 1.11 bits per heavy atom. The number of nitrogens with zero attached hydrogens (tertiary/aromatic N) is 4. The van der Waals surface area contributed by atoms with Gasteiger partial charge in [0.1, 0.15) is 18.7 Å². The molecule has 0 aliphatic rings. The zero-order valence-corrected chi connectivity index (χ0v) is 19.6. The van der Waals surface area contributed by atoms with E-state index >= 15 is 0 Å². The number of nitriles is 1. The highest BCUT2D eigenvalue weighted by atomic mass is 16.5. The van der Waals surface area contributed by atoms with E-state index in [2.05, 4.69) is 28.0 Å². The number of aromatic nitrogens is 3. The third kappa shape index (κ3) is 5.66. The number of benzene rings is 2. The maximum absolute atomic E-state index is 11.9. The summed E-state index contributed by atoms with van der Waals surface area (Å²) in [5.41, 5.74) is 5.05. The second-order valence-electron chi connectivity index (χ2n) is 7.79. The molecule has 0 bridgehead atoms. The molecule has 174 valence electrons. The van der Waals surface area contributed by atoms with Crippen LogP contribution < -0.4 is 4.74 Å². The van der Waals surface area contributed by atoms with Crippen LogP contribution in [0.1, 0.15) is 42.9 Å². The molecule has 2 aromatic heterocycles. The molecule has 0 saturated heterocycles. The maximum atomic E-state index is 11.9. The summed E-state index contributed by atoms with van der Waals surface area (Å²) in [5.74, 6) is 6.18. The first-order valence-electron chi connectivity index (χ1n) is 11.2. The van der Waals surface area contributed by atoms with E-state index in [4.69, 9.17) is 14.7 Å². The van der Waals surface area contributed by atoms with Crippen LogP contribution in [0, 0.1) is 23.2 Å². The van der Waals surface area contributed by atoms with Gasteiger partial charge in [0, 0.05) is 17.3 Å². The van der Waals surface area contributed by atoms with Crippen LogP contribution in [0.2, 0.25) is 0 Å². The Morgan fingerprint density at radius 3 is 2.57 bits per heavy atom. The smallest absolute Gasteiger partial charge is 0.307 e. The van der Waals surface area contributed by atoms with Crippen LogP contribution in [-0.4, -0.2) is 27.2 Å². The van der Waals surface area contributed by atoms with Gasteiger partial charge < -0.3 is 9.47 Å². The quantitative estimate of drug-likeness (QED) is 0.272. The van der Waals surface area contributed by atoms with Crippen molar-refractivity contribution < 1.29 is 14.3 Å². The monoisotopic (exact) mass is 464 g/mol. The van der Waals surface area contributed by atoms with E-state index in [9.17, 15) is 4.79 Å². The molecule has 2 aromatic carbocycles. The summed E-state index contributed by atoms with van der Waals surface area (Å²) < 4.78 is 12.9. The highest BCUT2D eigenvalue weighted by Crippen LogP contribution is 2.26. The summed E-state index contributed by atoms with van der Waals surface area (Å²) in [4.78, 5) is 16.3. The Hall–Kier alpha value is -4.62. The lowest BCUT2D eigenvalue weighted by Crippen LogP contribution is -2.09. The molecule has 7 nitrogen and oxygen atoms in total. The number of carbonyl (C=O) groups excluding carboxylic acids is 1. The average Bonchev–Trinajstić information content (AvgIpc) is 3.36. The molecule has 0 fully saturated rings. The Labute approximate surface area is 204 Å². The standard InChI is InChI=1S/C28H24N4O3/c1-3-5-23(15-27(33)34-4-2)21-10-12-26(13-11-21)35-18-25-14-24(17-32-28(25)30-19-31-32)22-8-6-20(16-29)7-9-22/h6-14,17,19,23H,4,15,18H2,1-2H3. The van der Waals surface area contributed by atoms with Gasteiger partial charge in [0.15, 0.2) is 5.65 Å². The fourth-order valence-corrected chi connectivity index (χ4v) is 3.77. The fourth-order valence-electron chi connectivity index (χ4n) is 3.77. The molecule has 0 amide bonds. The molecule has 2 heterocycles. The zero-order chi connectivity index (χ0) is 24.6. The molecule has 7 heteroatoms. The van der Waals surface area contributed by atoms with Crippen LogP contribution in [0.4, 0.5) is 0 Å². The Kier molecular flexibility index (Phi) is 7.40. The van der Waals surface area contributed by atoms with Crippen molar-refractivity contribution >= 4 is 11.6 Å². The number of carbonyl (C=O) groups is 1. The summed E-state index contributed by atoms with van der Waals surface area (Å²) in [6.07, 6.45) is 3.62. The molecule has 1 atom stereocenters.